The van der Waals surface area contributed by atoms with Crippen molar-refractivity contribution in [2.75, 3.05) is 17.7 Å². The van der Waals surface area contributed by atoms with Gasteiger partial charge in [-0.2, -0.15) is 0 Å². The Morgan fingerprint density at radius 1 is 1.08 bits per heavy atom. The molecule has 0 unspecified atom stereocenters. The average molecular weight is 340 g/mol. The normalized spacial score (nSPS) is 10.4. The number of benzene rings is 2. The van der Waals surface area contributed by atoms with E-state index in [-0.39, 0.29) is 12.2 Å². The van der Waals surface area contributed by atoms with Crippen molar-refractivity contribution < 1.29 is 24.2 Å². The highest BCUT2D eigenvalue weighted by Crippen LogP contribution is 2.11. The summed E-state index contributed by atoms with van der Waals surface area (Å²) >= 11 is 0. The molecular formula is C18H16N2O5. The first-order valence-corrected chi connectivity index (χ1v) is 7.29. The molecule has 128 valence electrons. The molecule has 0 aliphatic carbocycles. The molecule has 2 aromatic rings. The van der Waals surface area contributed by atoms with Crippen LogP contribution in [0.2, 0.25) is 0 Å². The number of aromatic carboxylic acids is 1. The van der Waals surface area contributed by atoms with Gasteiger partial charge in [0.15, 0.2) is 0 Å². The fourth-order valence-corrected chi connectivity index (χ4v) is 1.94. The number of anilines is 2. The van der Waals surface area contributed by atoms with E-state index < -0.39 is 17.8 Å². The number of esters is 1. The summed E-state index contributed by atoms with van der Waals surface area (Å²) in [5.41, 5.74) is 6.78. The monoisotopic (exact) mass is 340 g/mol. The van der Waals surface area contributed by atoms with Crippen molar-refractivity contribution in [3.8, 4) is 0 Å². The van der Waals surface area contributed by atoms with Crippen LogP contribution in [-0.2, 0) is 9.53 Å². The Hall–Kier alpha value is -3.61. The number of carboxylic acid groups (broad SMARTS) is 1. The van der Waals surface area contributed by atoms with E-state index in [0.29, 0.717) is 16.9 Å². The number of carbonyl (C=O) groups excluding carboxylic acids is 2. The van der Waals surface area contributed by atoms with Crippen LogP contribution in [0.1, 0.15) is 20.7 Å². The summed E-state index contributed by atoms with van der Waals surface area (Å²) in [7, 11) is 0. The van der Waals surface area contributed by atoms with Gasteiger partial charge in [0, 0.05) is 17.5 Å². The first-order chi connectivity index (χ1) is 12.0. The van der Waals surface area contributed by atoms with Crippen LogP contribution in [0.3, 0.4) is 0 Å². The van der Waals surface area contributed by atoms with Gasteiger partial charge in [0.2, 0.25) is 5.91 Å². The summed E-state index contributed by atoms with van der Waals surface area (Å²) in [6.45, 7) is -0.0871. The summed E-state index contributed by atoms with van der Waals surface area (Å²) in [6.07, 6.45) is 2.57. The van der Waals surface area contributed by atoms with Gasteiger partial charge < -0.3 is 20.9 Å². The lowest BCUT2D eigenvalue weighted by molar-refractivity contribution is -0.112. The van der Waals surface area contributed by atoms with Crippen molar-refractivity contribution in [1.29, 1.82) is 0 Å². The first-order valence-electron chi connectivity index (χ1n) is 7.29. The molecule has 7 nitrogen and oxygen atoms in total. The van der Waals surface area contributed by atoms with Gasteiger partial charge >= 0.3 is 11.9 Å². The van der Waals surface area contributed by atoms with Crippen LogP contribution in [0, 0.1) is 0 Å². The molecule has 0 fully saturated rings. The van der Waals surface area contributed by atoms with E-state index in [4.69, 9.17) is 15.6 Å². The molecule has 0 saturated carbocycles. The molecule has 0 radical (unpaired) electrons. The largest absolute Gasteiger partial charge is 0.478 e. The Kier molecular flexibility index (Phi) is 5.89. The van der Waals surface area contributed by atoms with Crippen LogP contribution in [0.5, 0.6) is 0 Å². The van der Waals surface area contributed by atoms with Crippen LogP contribution < -0.4 is 11.1 Å². The van der Waals surface area contributed by atoms with Gasteiger partial charge in [0.25, 0.3) is 0 Å². The second kappa shape index (κ2) is 8.30. The topological polar surface area (TPSA) is 119 Å². The molecule has 7 heteroatoms. The van der Waals surface area contributed by atoms with Gasteiger partial charge in [0.05, 0.1) is 11.1 Å². The molecule has 25 heavy (non-hydrogen) atoms. The fraction of sp³-hybridized carbons (Fsp3) is 0.0556. The second-order valence-electron chi connectivity index (χ2n) is 5.00. The van der Waals surface area contributed by atoms with Gasteiger partial charge in [-0.3, -0.25) is 4.79 Å². The van der Waals surface area contributed by atoms with Crippen LogP contribution in [-0.4, -0.2) is 29.6 Å². The molecule has 4 N–H and O–H groups in total. The predicted octanol–water partition coefficient (Wildman–Crippen LogP) is 2.32. The lowest BCUT2D eigenvalue weighted by atomic mass is 10.2. The lowest BCUT2D eigenvalue weighted by Gasteiger charge is -2.04. The maximum atomic E-state index is 11.8. The van der Waals surface area contributed by atoms with Crippen LogP contribution >= 0.6 is 0 Å². The molecule has 2 rings (SSSR count). The zero-order valence-electron chi connectivity index (χ0n) is 13.1. The van der Waals surface area contributed by atoms with Gasteiger partial charge in [-0.1, -0.05) is 12.1 Å². The summed E-state index contributed by atoms with van der Waals surface area (Å²) in [6, 6.07) is 12.2. The number of hydrogen-bond acceptors (Lipinski definition) is 5. The molecule has 1 amide bonds. The average Bonchev–Trinajstić information content (AvgIpc) is 2.58. The number of carbonyl (C=O) groups is 3. The van der Waals surface area contributed by atoms with E-state index in [0.717, 1.165) is 0 Å². The third-order valence-corrected chi connectivity index (χ3v) is 3.08. The molecule has 0 atom stereocenters. The van der Waals surface area contributed by atoms with Crippen molar-refractivity contribution in [1.82, 2.24) is 0 Å². The summed E-state index contributed by atoms with van der Waals surface area (Å²) in [5.74, 6) is -2.10. The van der Waals surface area contributed by atoms with Crippen LogP contribution in [0.15, 0.2) is 60.7 Å². The van der Waals surface area contributed by atoms with E-state index >= 15 is 0 Å². The Bertz CT molecular complexity index is 830. The molecule has 0 saturated heterocycles. The van der Waals surface area contributed by atoms with Crippen molar-refractivity contribution in [3.63, 3.8) is 0 Å². The standard InChI is InChI=1S/C18H16N2O5/c19-14-6-1-5-13(10-14)18(24)25-9-3-8-16(21)20-15-7-2-4-12(11-15)17(22)23/h1-8,10-11H,9,19H2,(H,20,21)(H,22,23)/b8-3+. The number of ether oxygens (including phenoxy) is 1. The van der Waals surface area contributed by atoms with Crippen LogP contribution in [0.4, 0.5) is 11.4 Å². The highest BCUT2D eigenvalue weighted by atomic mass is 16.5. The molecule has 0 aromatic heterocycles. The Morgan fingerprint density at radius 3 is 2.52 bits per heavy atom. The van der Waals surface area contributed by atoms with E-state index in [2.05, 4.69) is 5.32 Å². The zero-order valence-corrected chi connectivity index (χ0v) is 13.1. The molecule has 0 aliphatic heterocycles. The third-order valence-electron chi connectivity index (χ3n) is 3.08. The van der Waals surface area contributed by atoms with E-state index in [1.165, 1.54) is 36.4 Å². The van der Waals surface area contributed by atoms with Gasteiger partial charge in [-0.25, -0.2) is 9.59 Å². The van der Waals surface area contributed by atoms with E-state index in [1.54, 1.807) is 24.3 Å². The van der Waals surface area contributed by atoms with Gasteiger partial charge in [-0.05, 0) is 42.5 Å². The van der Waals surface area contributed by atoms with Gasteiger partial charge in [-0.15, -0.1) is 0 Å². The van der Waals surface area contributed by atoms with Crippen molar-refractivity contribution in [2.45, 2.75) is 0 Å². The second-order valence-corrected chi connectivity index (χ2v) is 5.00. The number of carboxylic acids is 1. The maximum absolute atomic E-state index is 11.8. The summed E-state index contributed by atoms with van der Waals surface area (Å²) in [5, 5.41) is 11.4. The summed E-state index contributed by atoms with van der Waals surface area (Å²) < 4.78 is 5.00. The van der Waals surface area contributed by atoms with Crippen LogP contribution in [0.25, 0.3) is 0 Å². The Morgan fingerprint density at radius 2 is 1.80 bits per heavy atom. The minimum absolute atomic E-state index is 0.0674. The highest BCUT2D eigenvalue weighted by molar-refractivity contribution is 6.00. The minimum Gasteiger partial charge on any atom is -0.478 e. The number of rotatable bonds is 6. The van der Waals surface area contributed by atoms with E-state index in [9.17, 15) is 14.4 Å². The van der Waals surface area contributed by atoms with Crippen molar-refractivity contribution in [2.24, 2.45) is 0 Å². The Labute approximate surface area is 143 Å². The number of nitrogens with two attached hydrogens (primary N) is 1. The fourth-order valence-electron chi connectivity index (χ4n) is 1.94. The molecular weight excluding hydrogens is 324 g/mol. The van der Waals surface area contributed by atoms with Crippen molar-refractivity contribution in [3.05, 3.63) is 71.8 Å². The molecule has 0 aliphatic rings. The zero-order chi connectivity index (χ0) is 18.2. The van der Waals surface area contributed by atoms with Gasteiger partial charge in [0.1, 0.15) is 6.61 Å². The number of nitrogens with one attached hydrogen (secondary N) is 1. The highest BCUT2D eigenvalue weighted by Gasteiger charge is 2.06. The van der Waals surface area contributed by atoms with E-state index in [1.807, 2.05) is 0 Å². The quantitative estimate of drug-likeness (QED) is 0.422. The third kappa shape index (κ3) is 5.51. The number of amides is 1. The number of hydrogen-bond donors (Lipinski definition) is 3. The smallest absolute Gasteiger partial charge is 0.338 e. The molecule has 2 aromatic carbocycles. The maximum Gasteiger partial charge on any atom is 0.338 e. The Balaban J connectivity index is 1.83. The molecule has 0 bridgehead atoms. The SMILES string of the molecule is Nc1cccc(C(=O)OC/C=C/C(=O)Nc2cccc(C(=O)O)c2)c1. The number of nitrogen functional groups attached to an aromatic ring is 1. The minimum atomic E-state index is -1.08. The molecule has 0 spiro atoms. The van der Waals surface area contributed by atoms with Crippen molar-refractivity contribution >= 4 is 29.2 Å². The lowest BCUT2D eigenvalue weighted by Crippen LogP contribution is -2.10. The first kappa shape index (κ1) is 17.7. The molecule has 0 heterocycles. The summed E-state index contributed by atoms with van der Waals surface area (Å²) in [4.78, 5) is 34.4. The predicted molar refractivity (Wildman–Crippen MR) is 92.3 cm³/mol.